The van der Waals surface area contributed by atoms with Gasteiger partial charge in [-0.05, 0) is 67.6 Å². The van der Waals surface area contributed by atoms with Crippen LogP contribution < -0.4 is 15.0 Å². The minimum absolute atomic E-state index is 0.158. The molecule has 0 bridgehead atoms. The fraction of sp³-hybridized carbons (Fsp3) is 0.167. The van der Waals surface area contributed by atoms with E-state index in [1.807, 2.05) is 19.1 Å². The van der Waals surface area contributed by atoms with Gasteiger partial charge in [-0.25, -0.2) is 0 Å². The number of nitrogens with one attached hydrogen (secondary N) is 1. The summed E-state index contributed by atoms with van der Waals surface area (Å²) < 4.78 is 43.2. The Bertz CT molecular complexity index is 1080. The number of hydrogen-bond acceptors (Lipinski definition) is 3. The molecule has 0 saturated carbocycles. The molecule has 5 nitrogen and oxygen atoms in total. The normalized spacial score (nSPS) is 11.0. The maximum absolute atomic E-state index is 12.6. The second kappa shape index (κ2) is 9.55. The summed E-state index contributed by atoms with van der Waals surface area (Å²) in [6, 6.07) is 18.0. The molecule has 0 aromatic heterocycles. The number of amides is 2. The van der Waals surface area contributed by atoms with Crippen molar-refractivity contribution in [1.82, 2.24) is 0 Å². The molecular formula is C24H21F3N2O3. The van der Waals surface area contributed by atoms with E-state index < -0.39 is 17.6 Å². The summed E-state index contributed by atoms with van der Waals surface area (Å²) in [6.07, 6.45) is -4.43. The Morgan fingerprint density at radius 1 is 0.906 bits per heavy atom. The summed E-state index contributed by atoms with van der Waals surface area (Å²) in [5.41, 5.74) is 1.72. The Hall–Kier alpha value is -3.81. The van der Waals surface area contributed by atoms with Crippen LogP contribution in [0.25, 0.3) is 0 Å². The van der Waals surface area contributed by atoms with E-state index in [-0.39, 0.29) is 18.2 Å². The number of nitrogens with zero attached hydrogens (tertiary/aromatic N) is 1. The van der Waals surface area contributed by atoms with Crippen LogP contribution in [-0.2, 0) is 11.0 Å². The molecular weight excluding hydrogens is 421 g/mol. The van der Waals surface area contributed by atoms with Crippen molar-refractivity contribution < 1.29 is 27.5 Å². The third kappa shape index (κ3) is 5.87. The van der Waals surface area contributed by atoms with Gasteiger partial charge in [-0.2, -0.15) is 13.2 Å². The van der Waals surface area contributed by atoms with Gasteiger partial charge in [0, 0.05) is 24.0 Å². The second-order valence-corrected chi connectivity index (χ2v) is 7.14. The maximum atomic E-state index is 12.6. The standard InChI is InChI=1S/C24H21F3N2O3/c1-16-3-5-17(6-4-16)23(31)29(2)20-11-13-21(14-12-20)32-15-22(30)28-19-9-7-18(8-10-19)24(25,26)27/h3-14H,15H2,1-2H3,(H,28,30). The van der Waals surface area contributed by atoms with Crippen molar-refractivity contribution in [2.24, 2.45) is 0 Å². The number of aryl methyl sites for hydroxylation is 1. The minimum Gasteiger partial charge on any atom is -0.484 e. The Kier molecular flexibility index (Phi) is 6.82. The fourth-order valence-electron chi connectivity index (χ4n) is 2.86. The van der Waals surface area contributed by atoms with Crippen LogP contribution in [0.5, 0.6) is 5.75 Å². The van der Waals surface area contributed by atoms with E-state index >= 15 is 0 Å². The molecule has 0 fully saturated rings. The SMILES string of the molecule is Cc1ccc(C(=O)N(C)c2ccc(OCC(=O)Nc3ccc(C(F)(F)F)cc3)cc2)cc1. The third-order valence-electron chi connectivity index (χ3n) is 4.69. The smallest absolute Gasteiger partial charge is 0.416 e. The summed E-state index contributed by atoms with van der Waals surface area (Å²) >= 11 is 0. The molecule has 0 aliphatic carbocycles. The van der Waals surface area contributed by atoms with Crippen LogP contribution in [-0.4, -0.2) is 25.5 Å². The molecule has 0 heterocycles. The molecule has 0 aliphatic rings. The quantitative estimate of drug-likeness (QED) is 0.563. The number of alkyl halides is 3. The van der Waals surface area contributed by atoms with Gasteiger partial charge in [-0.3, -0.25) is 9.59 Å². The zero-order valence-electron chi connectivity index (χ0n) is 17.4. The largest absolute Gasteiger partial charge is 0.484 e. The molecule has 0 unspecified atom stereocenters. The number of ether oxygens (including phenoxy) is 1. The molecule has 166 valence electrons. The predicted molar refractivity (Wildman–Crippen MR) is 116 cm³/mol. The average molecular weight is 442 g/mol. The van der Waals surface area contributed by atoms with Crippen molar-refractivity contribution in [3.05, 3.63) is 89.5 Å². The predicted octanol–water partition coefficient (Wildman–Crippen LogP) is 5.31. The number of carbonyl (C=O) groups is 2. The summed E-state index contributed by atoms with van der Waals surface area (Å²) in [5.74, 6) is -0.261. The van der Waals surface area contributed by atoms with E-state index in [9.17, 15) is 22.8 Å². The van der Waals surface area contributed by atoms with E-state index in [1.54, 1.807) is 43.4 Å². The van der Waals surface area contributed by atoms with Gasteiger partial charge in [0.25, 0.3) is 11.8 Å². The van der Waals surface area contributed by atoms with E-state index in [2.05, 4.69) is 5.32 Å². The van der Waals surface area contributed by atoms with Crippen LogP contribution >= 0.6 is 0 Å². The highest BCUT2D eigenvalue weighted by atomic mass is 19.4. The maximum Gasteiger partial charge on any atom is 0.416 e. The first-order chi connectivity index (χ1) is 15.1. The summed E-state index contributed by atoms with van der Waals surface area (Å²) in [4.78, 5) is 26.1. The van der Waals surface area contributed by atoms with Crippen LogP contribution in [0, 0.1) is 6.92 Å². The van der Waals surface area contributed by atoms with Crippen molar-refractivity contribution in [2.75, 3.05) is 23.9 Å². The van der Waals surface area contributed by atoms with Gasteiger partial charge in [0.2, 0.25) is 0 Å². The molecule has 0 radical (unpaired) electrons. The van der Waals surface area contributed by atoms with Crippen LogP contribution in [0.3, 0.4) is 0 Å². The van der Waals surface area contributed by atoms with E-state index in [1.165, 1.54) is 17.0 Å². The van der Waals surface area contributed by atoms with Gasteiger partial charge in [0.15, 0.2) is 6.61 Å². The van der Waals surface area contributed by atoms with E-state index in [0.29, 0.717) is 17.0 Å². The molecule has 2 amide bonds. The minimum atomic E-state index is -4.43. The first kappa shape index (κ1) is 22.9. The molecule has 1 N–H and O–H groups in total. The third-order valence-corrected chi connectivity index (χ3v) is 4.69. The molecule has 0 saturated heterocycles. The van der Waals surface area contributed by atoms with Crippen molar-refractivity contribution in [3.8, 4) is 5.75 Å². The summed E-state index contributed by atoms with van der Waals surface area (Å²) in [7, 11) is 1.66. The van der Waals surface area contributed by atoms with E-state index in [0.717, 1.165) is 17.7 Å². The fourth-order valence-corrected chi connectivity index (χ4v) is 2.86. The molecule has 8 heteroatoms. The zero-order valence-corrected chi connectivity index (χ0v) is 17.4. The molecule has 3 rings (SSSR count). The summed E-state index contributed by atoms with van der Waals surface area (Å²) in [5, 5.41) is 2.47. The van der Waals surface area contributed by atoms with Crippen LogP contribution in [0.4, 0.5) is 24.5 Å². The second-order valence-electron chi connectivity index (χ2n) is 7.14. The lowest BCUT2D eigenvalue weighted by molar-refractivity contribution is -0.137. The number of halogens is 3. The van der Waals surface area contributed by atoms with Crippen molar-refractivity contribution in [2.45, 2.75) is 13.1 Å². The van der Waals surface area contributed by atoms with Crippen molar-refractivity contribution >= 4 is 23.2 Å². The number of hydrogen-bond donors (Lipinski definition) is 1. The van der Waals surface area contributed by atoms with Gasteiger partial charge < -0.3 is 15.0 Å². The van der Waals surface area contributed by atoms with Crippen LogP contribution in [0.1, 0.15) is 21.5 Å². The molecule has 0 spiro atoms. The van der Waals surface area contributed by atoms with Crippen LogP contribution in [0.15, 0.2) is 72.8 Å². The van der Waals surface area contributed by atoms with Gasteiger partial charge in [-0.1, -0.05) is 17.7 Å². The first-order valence-corrected chi connectivity index (χ1v) is 9.68. The lowest BCUT2D eigenvalue weighted by Gasteiger charge is -2.18. The monoisotopic (exact) mass is 442 g/mol. The molecule has 0 aliphatic heterocycles. The topological polar surface area (TPSA) is 58.6 Å². The number of carbonyl (C=O) groups excluding carboxylic acids is 2. The van der Waals surface area contributed by atoms with Crippen LogP contribution in [0.2, 0.25) is 0 Å². The van der Waals surface area contributed by atoms with Gasteiger partial charge in [0.05, 0.1) is 5.56 Å². The Morgan fingerprint density at radius 2 is 1.50 bits per heavy atom. The Balaban J connectivity index is 1.53. The highest BCUT2D eigenvalue weighted by molar-refractivity contribution is 6.05. The highest BCUT2D eigenvalue weighted by Crippen LogP contribution is 2.29. The molecule has 3 aromatic carbocycles. The highest BCUT2D eigenvalue weighted by Gasteiger charge is 2.30. The lowest BCUT2D eigenvalue weighted by atomic mass is 10.1. The van der Waals surface area contributed by atoms with Crippen molar-refractivity contribution in [1.29, 1.82) is 0 Å². The van der Waals surface area contributed by atoms with Gasteiger partial charge in [0.1, 0.15) is 5.75 Å². The van der Waals surface area contributed by atoms with E-state index in [4.69, 9.17) is 4.74 Å². The zero-order chi connectivity index (χ0) is 23.3. The Morgan fingerprint density at radius 3 is 2.06 bits per heavy atom. The average Bonchev–Trinajstić information content (AvgIpc) is 2.77. The number of rotatable bonds is 6. The number of anilines is 2. The lowest BCUT2D eigenvalue weighted by Crippen LogP contribution is -2.26. The molecule has 3 aromatic rings. The van der Waals surface area contributed by atoms with Gasteiger partial charge >= 0.3 is 6.18 Å². The Labute approximate surface area is 183 Å². The summed E-state index contributed by atoms with van der Waals surface area (Å²) in [6.45, 7) is 1.62. The number of benzene rings is 3. The first-order valence-electron chi connectivity index (χ1n) is 9.68. The molecule has 32 heavy (non-hydrogen) atoms. The van der Waals surface area contributed by atoms with Crippen molar-refractivity contribution in [3.63, 3.8) is 0 Å². The van der Waals surface area contributed by atoms with Gasteiger partial charge in [-0.15, -0.1) is 0 Å². The molecule has 0 atom stereocenters.